The van der Waals surface area contributed by atoms with Crippen LogP contribution < -0.4 is 0 Å². The van der Waals surface area contributed by atoms with E-state index in [1.807, 2.05) is 73.3 Å². The molecule has 0 saturated heterocycles. The van der Waals surface area contributed by atoms with Crippen LogP contribution in [0.1, 0.15) is 22.8 Å². The van der Waals surface area contributed by atoms with Gasteiger partial charge >= 0.3 is 34.1 Å². The van der Waals surface area contributed by atoms with E-state index in [1.165, 1.54) is 0 Å². The molecule has 0 saturated carbocycles. The van der Waals surface area contributed by atoms with Crippen LogP contribution in [0.15, 0.2) is 97.6 Å². The van der Waals surface area contributed by atoms with E-state index in [0.29, 0.717) is 0 Å². The summed E-state index contributed by atoms with van der Waals surface area (Å²) in [4.78, 5) is 26.5. The Morgan fingerprint density at radius 1 is 0.211 bits per heavy atom. The summed E-state index contributed by atoms with van der Waals surface area (Å²) < 4.78 is 0. The Bertz CT molecular complexity index is 1130. The third kappa shape index (κ3) is 235. The number of hydrogen-bond donors (Lipinski definition) is 0. The molecule has 6 radical (unpaired) electrons. The zero-order valence-electron chi connectivity index (χ0n) is 47.0. The van der Waals surface area contributed by atoms with Crippen molar-refractivity contribution in [2.45, 2.75) is 26.2 Å². The van der Waals surface area contributed by atoms with Crippen molar-refractivity contribution in [2.24, 2.45) is 0 Å². The largest absolute Gasteiger partial charge is 2.00 e. The minimum absolute atomic E-state index is 0. The van der Waals surface area contributed by atoms with Crippen molar-refractivity contribution in [3.05, 3.63) is 120 Å². The number of aromatic nitrogens is 4. The summed E-state index contributed by atoms with van der Waals surface area (Å²) in [5.41, 5.74) is 4.45. The molecule has 48 nitrogen and oxygen atoms in total. The fourth-order valence-corrected chi connectivity index (χ4v) is 4.07. The molecule has 4 heterocycles. The molecule has 626 valence electrons. The Balaban J connectivity index is -0.00000000461. The van der Waals surface area contributed by atoms with Gasteiger partial charge in [0.15, 0.2) is 0 Å². The van der Waals surface area contributed by atoms with Gasteiger partial charge < -0.3 is 219 Å². The van der Waals surface area contributed by atoms with Crippen molar-refractivity contribution in [2.75, 3.05) is 54.4 Å². The summed E-state index contributed by atoms with van der Waals surface area (Å²) in [7, 11) is 8.51. The molecule has 0 aliphatic heterocycles. The maximum atomic E-state index is 4.35. The molecule has 0 aromatic carbocycles. The summed E-state index contributed by atoms with van der Waals surface area (Å²) in [6.07, 6.45) is 7.37. The number of nitrogens with zero attached hydrogens (tertiary/aromatic N) is 8. The van der Waals surface area contributed by atoms with E-state index >= 15 is 0 Å². The molecule has 4 aromatic heterocycles. The summed E-state index contributed by atoms with van der Waals surface area (Å²) in [6.45, 7) is 7.60. The summed E-state index contributed by atoms with van der Waals surface area (Å²) in [5, 5.41) is 0. The van der Waals surface area contributed by atoms with E-state index in [-0.39, 0.29) is 524 Å². The molecule has 4 aromatic rings. The summed E-state index contributed by atoms with van der Waals surface area (Å²) in [6, 6.07) is 24.2. The van der Waals surface area contributed by atoms with Crippen molar-refractivity contribution >= 4 is 17.6 Å². The van der Waals surface area contributed by atoms with Crippen LogP contribution in [-0.2, 0) is 510 Å². The van der Waals surface area contributed by atoms with Gasteiger partial charge in [-0.1, -0.05) is 24.3 Å². The molecule has 0 amide bonds. The van der Waals surface area contributed by atoms with Crippen molar-refractivity contribution in [3.63, 3.8) is 0 Å². The summed E-state index contributed by atoms with van der Waals surface area (Å²) >= 11 is 0. The Morgan fingerprint density at radius 2 is 0.305 bits per heavy atom. The predicted molar refractivity (Wildman–Crippen MR) is 200 cm³/mol. The Hall–Kier alpha value is 4.68. The van der Waals surface area contributed by atoms with E-state index in [1.54, 1.807) is 0 Å². The van der Waals surface area contributed by atoms with Gasteiger partial charge in [0.1, 0.15) is 0 Å². The molecule has 0 bridgehead atoms. The Kier molecular flexibility index (Phi) is 1370. The van der Waals surface area contributed by atoms with Gasteiger partial charge in [-0.2, -0.15) is 0 Å². The topological polar surface area (TPSA) is 1210 Å². The normalized spacial score (nSPS) is 4.72. The zero-order valence-corrected chi connectivity index (χ0v) is 86.1. The van der Waals surface area contributed by atoms with Gasteiger partial charge in [0.05, 0.1) is 22.8 Å². The van der Waals surface area contributed by atoms with E-state index in [2.05, 4.69) is 92.0 Å². The van der Waals surface area contributed by atoms with Gasteiger partial charge in [-0.05, 0) is 76.7 Å². The third-order valence-electron chi connectivity index (χ3n) is 6.36. The second-order valence-corrected chi connectivity index (χ2v) is 10.2. The maximum Gasteiger partial charge on any atom is 2.00 e. The van der Waals surface area contributed by atoms with Gasteiger partial charge in [-0.3, -0.25) is 39.5 Å². The molecule has 4 rings (SSSR count). The van der Waals surface area contributed by atoms with Gasteiger partial charge in [0, 0.05) is 348 Å². The number of hydrogen-bond acceptors (Lipinski definition) is 12. The predicted octanol–water partition coefficient (Wildman–Crippen LogP) is -1.32. The zero-order chi connectivity index (χ0) is 28.4. The Morgan fingerprint density at radius 3 is 0.379 bits per heavy atom. The van der Waals surface area contributed by atoms with Crippen LogP contribution in [0.3, 0.4) is 0 Å². The quantitative estimate of drug-likeness (QED) is 0.133. The van der Waals surface area contributed by atoms with Gasteiger partial charge in [-0.15, -0.1) is 0 Å². The smallest absolute Gasteiger partial charge is 2.00 e. The van der Waals surface area contributed by atoms with E-state index < -0.39 is 0 Å². The first-order valence-corrected chi connectivity index (χ1v) is 13.8. The van der Waals surface area contributed by atoms with E-state index in [0.717, 1.165) is 75.1 Å². The molecule has 0 atom stereocenters. The third-order valence-corrected chi connectivity index (χ3v) is 6.36. The summed E-state index contributed by atoms with van der Waals surface area (Å²) in [5.74, 6) is 0. The maximum absolute atomic E-state index is 4.35. The standard InChI is InChI=1S/2C16H22N4.2Cu.Ge.4H2O.36O.12W/c2*1-19(13-15-7-3-5-9-17-15)11-12-20(2)14-16-8-4-6-10-18-16;;;;;;;;;;;;;;;;;;;;;;;;;;;;;;;;;;;;;;;;;;;;;;;;;;;;;;;/h2*3-10H,11-14H2,1-2H3;;;;4*1H2;;;;;;;;;;;;;;;;;;;;;;;;;;;;;;;;;;;;;;;;;;;;;;;;/q;;2*+2;;;;;;36*-2;;;;;;;;;;;;/p-4. The SMILES string of the molecule is CN(CCN(C)Cc1ccccn1)Cc1ccccn1.CN(CCN(C)Cc1ccccn1)Cc1ccccn1.[Cu+2].[Cu+2].[Ge].[O-2].[O-2].[O-2].[O-2].[O-2].[O-2].[O-2].[O-2].[O-2].[O-2].[O-2].[O-2].[O-2].[O-2].[O-2].[O-2].[O-2].[O-2].[O-2].[O-2].[O-2].[O-2].[O-2].[O-2].[O-2].[O-2].[O-2].[O-2].[O-2].[O-2].[O-2].[O-2].[O-2].[O-2].[O-2].[O-2].[OH-].[OH-].[OH-].[OH-].[W].[W].[W].[W].[W].[W].[W].[W].[W].[W].[W].[W]. The van der Waals surface area contributed by atoms with Crippen LogP contribution >= 0.6 is 0 Å². The van der Waals surface area contributed by atoms with Crippen molar-refractivity contribution in [1.82, 2.24) is 39.5 Å². The van der Waals surface area contributed by atoms with Crippen LogP contribution in [0.4, 0.5) is 0 Å². The minimum atomic E-state index is 0. The second kappa shape index (κ2) is 293. The molecular formula is C32H48Cu2GeN8O40W12-72. The molecule has 0 aliphatic rings. The fraction of sp³-hybridized carbons (Fsp3) is 0.375. The number of pyridine rings is 4. The fourth-order valence-electron chi connectivity index (χ4n) is 4.07. The Labute approximate surface area is 754 Å². The minimum Gasteiger partial charge on any atom is -2.00 e. The monoisotopic (exact) mass is 3590 g/mol. The van der Waals surface area contributed by atoms with Crippen LogP contribution in [-0.4, -0.2) is 133 Å². The van der Waals surface area contributed by atoms with Gasteiger partial charge in [-0.25, -0.2) is 0 Å². The number of likely N-dealkylation sites (N-methyl/N-ethyl adjacent to an activating group) is 4. The average Bonchev–Trinajstić information content (AvgIpc) is 2.98. The first-order valence-electron chi connectivity index (χ1n) is 13.8. The molecule has 63 heteroatoms. The van der Waals surface area contributed by atoms with Crippen LogP contribution in [0.5, 0.6) is 0 Å². The van der Waals surface area contributed by atoms with Crippen LogP contribution in [0.25, 0.3) is 0 Å². The van der Waals surface area contributed by atoms with Gasteiger partial charge in [0.25, 0.3) is 0 Å². The molecule has 0 spiro atoms. The van der Waals surface area contributed by atoms with Gasteiger partial charge in [0.2, 0.25) is 0 Å². The molecule has 4 N–H and O–H groups in total. The first kappa shape index (κ1) is 445. The first-order chi connectivity index (χ1) is 19.5. The van der Waals surface area contributed by atoms with E-state index in [4.69, 9.17) is 0 Å². The van der Waals surface area contributed by atoms with Crippen LogP contribution in [0, 0.1) is 0 Å². The van der Waals surface area contributed by atoms with E-state index in [9.17, 15) is 0 Å². The molecule has 0 unspecified atom stereocenters. The van der Waals surface area contributed by atoms with Crippen molar-refractivity contribution in [3.8, 4) is 0 Å². The van der Waals surface area contributed by atoms with Crippen LogP contribution in [0.2, 0.25) is 0 Å². The molecular weight excluding hydrogens is 3540 g/mol. The number of rotatable bonds is 14. The molecule has 95 heavy (non-hydrogen) atoms. The van der Waals surface area contributed by atoms with Crippen molar-refractivity contribution in [1.29, 1.82) is 0 Å². The average molecular weight is 3590 g/mol. The second-order valence-electron chi connectivity index (χ2n) is 10.2. The molecule has 0 aliphatic carbocycles. The van der Waals surface area contributed by atoms with Crippen molar-refractivity contribution < 1.29 is 506 Å². The molecule has 0 fully saturated rings.